The highest BCUT2D eigenvalue weighted by molar-refractivity contribution is 7.11. The van der Waals surface area contributed by atoms with E-state index in [0.717, 1.165) is 29.2 Å². The summed E-state index contributed by atoms with van der Waals surface area (Å²) in [5.41, 5.74) is 2.24. The quantitative estimate of drug-likeness (QED) is 0.848. The van der Waals surface area contributed by atoms with Gasteiger partial charge in [-0.3, -0.25) is 14.7 Å². The highest BCUT2D eigenvalue weighted by Crippen LogP contribution is 2.16. The summed E-state index contributed by atoms with van der Waals surface area (Å²) in [6, 6.07) is 3.92. The van der Waals surface area contributed by atoms with Gasteiger partial charge in [0.25, 0.3) is 0 Å². The minimum atomic E-state index is 0.0431. The van der Waals surface area contributed by atoms with Gasteiger partial charge >= 0.3 is 0 Å². The van der Waals surface area contributed by atoms with Gasteiger partial charge in [-0.25, -0.2) is 4.98 Å². The number of rotatable bonds is 7. The van der Waals surface area contributed by atoms with Crippen LogP contribution in [0, 0.1) is 13.8 Å². The van der Waals surface area contributed by atoms with Gasteiger partial charge in [-0.15, -0.1) is 11.3 Å². The van der Waals surface area contributed by atoms with Crippen molar-refractivity contribution in [2.24, 2.45) is 0 Å². The van der Waals surface area contributed by atoms with Gasteiger partial charge < -0.3 is 5.32 Å². The Morgan fingerprint density at radius 2 is 2.05 bits per heavy atom. The number of carbonyl (C=O) groups excluding carboxylic acids is 1. The van der Waals surface area contributed by atoms with Crippen LogP contribution in [0.25, 0.3) is 0 Å². The Bertz CT molecular complexity index is 592. The molecule has 2 aromatic heterocycles. The Morgan fingerprint density at radius 1 is 1.32 bits per heavy atom. The molecule has 0 saturated carbocycles. The molecule has 6 heteroatoms. The third-order valence-corrected chi connectivity index (χ3v) is 4.48. The maximum atomic E-state index is 11.9. The van der Waals surface area contributed by atoms with Gasteiger partial charge in [0.15, 0.2) is 0 Å². The number of nitrogens with zero attached hydrogens (tertiary/aromatic N) is 3. The molecule has 0 radical (unpaired) electrons. The van der Waals surface area contributed by atoms with Gasteiger partial charge in [0.1, 0.15) is 0 Å². The summed E-state index contributed by atoms with van der Waals surface area (Å²) < 4.78 is 0. The number of aryl methyl sites for hydroxylation is 2. The Labute approximate surface area is 135 Å². The molecular weight excluding hydrogens is 296 g/mol. The summed E-state index contributed by atoms with van der Waals surface area (Å²) in [6.07, 6.45) is 4.32. The number of aromatic nitrogens is 2. The summed E-state index contributed by atoms with van der Waals surface area (Å²) in [5, 5.41) is 4.03. The van der Waals surface area contributed by atoms with Crippen LogP contribution in [0.15, 0.2) is 24.5 Å². The van der Waals surface area contributed by atoms with E-state index in [1.165, 1.54) is 4.88 Å². The van der Waals surface area contributed by atoms with E-state index >= 15 is 0 Å². The van der Waals surface area contributed by atoms with E-state index in [2.05, 4.69) is 22.2 Å². The third kappa shape index (κ3) is 5.20. The van der Waals surface area contributed by atoms with Gasteiger partial charge in [-0.05, 0) is 38.6 Å². The number of amides is 1. The lowest BCUT2D eigenvalue weighted by Crippen LogP contribution is -2.35. The Hall–Kier alpha value is -1.79. The number of pyridine rings is 1. The van der Waals surface area contributed by atoms with Crippen LogP contribution in [0.4, 0.5) is 0 Å². The molecule has 0 aromatic carbocycles. The topological polar surface area (TPSA) is 58.1 Å². The van der Waals surface area contributed by atoms with Crippen molar-refractivity contribution < 1.29 is 4.79 Å². The summed E-state index contributed by atoms with van der Waals surface area (Å²) >= 11 is 1.70. The first-order valence-corrected chi connectivity index (χ1v) is 8.13. The maximum absolute atomic E-state index is 11.9. The van der Waals surface area contributed by atoms with E-state index in [0.29, 0.717) is 13.1 Å². The van der Waals surface area contributed by atoms with E-state index < -0.39 is 0 Å². The second-order valence-electron chi connectivity index (χ2n) is 5.38. The molecule has 0 aliphatic carbocycles. The monoisotopic (exact) mass is 318 g/mol. The summed E-state index contributed by atoms with van der Waals surface area (Å²) in [7, 11) is 1.94. The minimum Gasteiger partial charge on any atom is -0.355 e. The van der Waals surface area contributed by atoms with Crippen molar-refractivity contribution in [3.63, 3.8) is 0 Å². The van der Waals surface area contributed by atoms with Crippen LogP contribution in [0.5, 0.6) is 0 Å². The van der Waals surface area contributed by atoms with Gasteiger partial charge in [-0.1, -0.05) is 0 Å². The fraction of sp³-hybridized carbons (Fsp3) is 0.438. The Kier molecular flexibility index (Phi) is 6.03. The molecule has 0 atom stereocenters. The molecule has 2 rings (SSSR count). The summed E-state index contributed by atoms with van der Waals surface area (Å²) in [6.45, 7) is 5.85. The molecule has 0 aliphatic heterocycles. The molecule has 2 aromatic rings. The fourth-order valence-corrected chi connectivity index (χ4v) is 3.05. The Balaban J connectivity index is 1.69. The van der Waals surface area contributed by atoms with E-state index in [-0.39, 0.29) is 5.91 Å². The summed E-state index contributed by atoms with van der Waals surface area (Å²) in [4.78, 5) is 23.6. The molecule has 2 heterocycles. The SMILES string of the molecule is Cc1nc(CCNC(=O)CN(C)Cc2ccncc2)sc1C. The molecule has 22 heavy (non-hydrogen) atoms. The molecule has 1 amide bonds. The van der Waals surface area contributed by atoms with E-state index in [1.807, 2.05) is 31.0 Å². The van der Waals surface area contributed by atoms with Gasteiger partial charge in [-0.2, -0.15) is 0 Å². The van der Waals surface area contributed by atoms with Gasteiger partial charge in [0, 0.05) is 36.8 Å². The van der Waals surface area contributed by atoms with E-state index in [9.17, 15) is 4.79 Å². The van der Waals surface area contributed by atoms with E-state index in [4.69, 9.17) is 0 Å². The van der Waals surface area contributed by atoms with Crippen molar-refractivity contribution in [1.82, 2.24) is 20.2 Å². The second-order valence-corrected chi connectivity index (χ2v) is 6.66. The lowest BCUT2D eigenvalue weighted by molar-refractivity contribution is -0.122. The lowest BCUT2D eigenvalue weighted by atomic mass is 10.2. The lowest BCUT2D eigenvalue weighted by Gasteiger charge is -2.16. The Morgan fingerprint density at radius 3 is 2.68 bits per heavy atom. The molecule has 0 bridgehead atoms. The molecular formula is C16H22N4OS. The second kappa shape index (κ2) is 8.00. The average molecular weight is 318 g/mol. The maximum Gasteiger partial charge on any atom is 0.234 e. The highest BCUT2D eigenvalue weighted by Gasteiger charge is 2.08. The molecule has 1 N–H and O–H groups in total. The van der Waals surface area contributed by atoms with Crippen LogP contribution in [-0.2, 0) is 17.8 Å². The number of hydrogen-bond donors (Lipinski definition) is 1. The zero-order valence-corrected chi connectivity index (χ0v) is 14.1. The van der Waals surface area contributed by atoms with Gasteiger partial charge in [0.2, 0.25) is 5.91 Å². The van der Waals surface area contributed by atoms with Crippen LogP contribution in [0.1, 0.15) is 21.1 Å². The predicted octanol–water partition coefficient (Wildman–Crippen LogP) is 1.95. The number of thiazole rings is 1. The first-order chi connectivity index (χ1) is 10.5. The highest BCUT2D eigenvalue weighted by atomic mass is 32.1. The van der Waals surface area contributed by atoms with Crippen LogP contribution in [0.3, 0.4) is 0 Å². The molecule has 0 fully saturated rings. The smallest absolute Gasteiger partial charge is 0.234 e. The van der Waals surface area contributed by atoms with Crippen LogP contribution in [-0.4, -0.2) is 40.9 Å². The van der Waals surface area contributed by atoms with Crippen molar-refractivity contribution in [3.05, 3.63) is 45.7 Å². The summed E-state index contributed by atoms with van der Waals surface area (Å²) in [5.74, 6) is 0.0431. The van der Waals surface area contributed by atoms with Crippen LogP contribution >= 0.6 is 11.3 Å². The van der Waals surface area contributed by atoms with Crippen LogP contribution in [0.2, 0.25) is 0 Å². The number of carbonyl (C=O) groups is 1. The molecule has 118 valence electrons. The van der Waals surface area contributed by atoms with E-state index in [1.54, 1.807) is 23.7 Å². The molecule has 0 saturated heterocycles. The number of hydrogen-bond acceptors (Lipinski definition) is 5. The molecule has 0 spiro atoms. The normalized spacial score (nSPS) is 10.9. The number of likely N-dealkylation sites (N-methyl/N-ethyl adjacent to an activating group) is 1. The fourth-order valence-electron chi connectivity index (χ4n) is 2.11. The van der Waals surface area contributed by atoms with Crippen molar-refractivity contribution >= 4 is 17.2 Å². The van der Waals surface area contributed by atoms with Crippen molar-refractivity contribution in [3.8, 4) is 0 Å². The minimum absolute atomic E-state index is 0.0431. The van der Waals surface area contributed by atoms with Crippen molar-refractivity contribution in [2.75, 3.05) is 20.1 Å². The molecule has 5 nitrogen and oxygen atoms in total. The van der Waals surface area contributed by atoms with Crippen molar-refractivity contribution in [1.29, 1.82) is 0 Å². The van der Waals surface area contributed by atoms with Crippen LogP contribution < -0.4 is 5.32 Å². The largest absolute Gasteiger partial charge is 0.355 e. The predicted molar refractivity (Wildman–Crippen MR) is 88.9 cm³/mol. The molecule has 0 aliphatic rings. The average Bonchev–Trinajstić information content (AvgIpc) is 2.78. The zero-order chi connectivity index (χ0) is 15.9. The first-order valence-electron chi connectivity index (χ1n) is 7.31. The number of nitrogens with one attached hydrogen (secondary N) is 1. The zero-order valence-electron chi connectivity index (χ0n) is 13.3. The first kappa shape index (κ1) is 16.6. The standard InChI is InChI=1S/C16H22N4OS/c1-12-13(2)22-16(19-12)6-9-18-15(21)11-20(3)10-14-4-7-17-8-5-14/h4-5,7-8H,6,9-11H2,1-3H3,(H,18,21). The third-order valence-electron chi connectivity index (χ3n) is 3.35. The van der Waals surface area contributed by atoms with Crippen molar-refractivity contribution in [2.45, 2.75) is 26.8 Å². The molecule has 0 unspecified atom stereocenters. The van der Waals surface area contributed by atoms with Gasteiger partial charge in [0.05, 0.1) is 17.2 Å².